The summed E-state index contributed by atoms with van der Waals surface area (Å²) in [6.07, 6.45) is 5.71. The fourth-order valence-corrected chi connectivity index (χ4v) is 4.41. The molecule has 33 heavy (non-hydrogen) atoms. The van der Waals surface area contributed by atoms with Gasteiger partial charge in [0.2, 0.25) is 5.91 Å². The van der Waals surface area contributed by atoms with Gasteiger partial charge in [0.15, 0.2) is 17.5 Å². The highest BCUT2D eigenvalue weighted by molar-refractivity contribution is 5.94. The predicted molar refractivity (Wildman–Crippen MR) is 122 cm³/mol. The first kappa shape index (κ1) is 20.9. The Labute approximate surface area is 188 Å². The number of carbonyl (C=O) groups is 1. The van der Waals surface area contributed by atoms with Crippen molar-refractivity contribution in [3.05, 3.63) is 72.6 Å². The lowest BCUT2D eigenvalue weighted by Gasteiger charge is -2.20. The number of nitrogens with two attached hydrogens (primary N) is 1. The van der Waals surface area contributed by atoms with Gasteiger partial charge in [-0.2, -0.15) is 0 Å². The maximum Gasteiger partial charge on any atom is 0.222 e. The Morgan fingerprint density at radius 2 is 1.91 bits per heavy atom. The van der Waals surface area contributed by atoms with Crippen molar-refractivity contribution in [2.24, 2.45) is 11.7 Å². The number of aromatic nitrogens is 3. The number of halogens is 2. The van der Waals surface area contributed by atoms with E-state index in [0.717, 1.165) is 24.5 Å². The van der Waals surface area contributed by atoms with Crippen LogP contribution in [0.1, 0.15) is 19.3 Å². The van der Waals surface area contributed by atoms with Crippen molar-refractivity contribution >= 4 is 22.6 Å². The van der Waals surface area contributed by atoms with Crippen molar-refractivity contribution in [3.63, 3.8) is 0 Å². The number of primary amides is 1. The molecule has 3 N–H and O–H groups in total. The molecule has 5 rings (SSSR count). The van der Waals surface area contributed by atoms with E-state index in [9.17, 15) is 13.6 Å². The van der Waals surface area contributed by atoms with Crippen molar-refractivity contribution in [2.45, 2.75) is 25.3 Å². The molecule has 1 saturated carbocycles. The van der Waals surface area contributed by atoms with E-state index in [0.29, 0.717) is 34.5 Å². The molecule has 0 radical (unpaired) electrons. The Bertz CT molecular complexity index is 1350. The number of pyridine rings is 1. The first-order chi connectivity index (χ1) is 16.0. The molecule has 2 atom stereocenters. The normalized spacial score (nSPS) is 17.9. The zero-order chi connectivity index (χ0) is 22.9. The van der Waals surface area contributed by atoms with Gasteiger partial charge in [0.1, 0.15) is 5.82 Å². The molecule has 1 amide bonds. The average molecular weight is 445 g/mol. The number of carbonyl (C=O) groups excluding carboxylic acids is 1. The zero-order valence-electron chi connectivity index (χ0n) is 17.6. The SMILES string of the molecule is NC(=O)C1CCCC1Nc1nc(-c2cccnc2)nc2ccc(-c3cccc(F)c3F)cc12. The molecule has 1 aliphatic rings. The third-order valence-electron chi connectivity index (χ3n) is 6.08. The molecule has 8 heteroatoms. The molecule has 2 aromatic heterocycles. The topological polar surface area (TPSA) is 93.8 Å². The Kier molecular flexibility index (Phi) is 5.42. The predicted octanol–water partition coefficient (Wildman–Crippen LogP) is 4.70. The van der Waals surface area contributed by atoms with Crippen molar-refractivity contribution in [3.8, 4) is 22.5 Å². The number of amides is 1. The third kappa shape index (κ3) is 4.00. The lowest BCUT2D eigenvalue weighted by atomic mass is 10.0. The Morgan fingerprint density at radius 3 is 2.70 bits per heavy atom. The van der Waals surface area contributed by atoms with E-state index in [1.54, 1.807) is 36.7 Å². The first-order valence-electron chi connectivity index (χ1n) is 10.7. The fourth-order valence-electron chi connectivity index (χ4n) is 4.41. The summed E-state index contributed by atoms with van der Waals surface area (Å²) in [4.78, 5) is 25.4. The lowest BCUT2D eigenvalue weighted by molar-refractivity contribution is -0.121. The summed E-state index contributed by atoms with van der Waals surface area (Å²) in [5, 5.41) is 4.03. The molecule has 2 unspecified atom stereocenters. The van der Waals surface area contributed by atoms with Crippen LogP contribution in [0.15, 0.2) is 60.9 Å². The summed E-state index contributed by atoms with van der Waals surface area (Å²) < 4.78 is 28.3. The number of nitrogens with zero attached hydrogens (tertiary/aromatic N) is 3. The van der Waals surface area contributed by atoms with Crippen LogP contribution in [0, 0.1) is 17.6 Å². The molecule has 0 bridgehead atoms. The molecular weight excluding hydrogens is 424 g/mol. The zero-order valence-corrected chi connectivity index (χ0v) is 17.6. The van der Waals surface area contributed by atoms with Crippen LogP contribution in [0.5, 0.6) is 0 Å². The molecule has 2 heterocycles. The van der Waals surface area contributed by atoms with Crippen molar-refractivity contribution in [1.29, 1.82) is 0 Å². The van der Waals surface area contributed by atoms with Gasteiger partial charge in [-0.25, -0.2) is 18.7 Å². The minimum Gasteiger partial charge on any atom is -0.369 e. The van der Waals surface area contributed by atoms with Gasteiger partial charge < -0.3 is 11.1 Å². The van der Waals surface area contributed by atoms with E-state index in [-0.39, 0.29) is 23.4 Å². The molecular formula is C25H21F2N5O. The molecule has 0 aliphatic heterocycles. The van der Waals surface area contributed by atoms with E-state index in [1.165, 1.54) is 12.1 Å². The fraction of sp³-hybridized carbons (Fsp3) is 0.200. The van der Waals surface area contributed by atoms with Crippen LogP contribution in [-0.4, -0.2) is 26.9 Å². The highest BCUT2D eigenvalue weighted by Crippen LogP contribution is 2.34. The van der Waals surface area contributed by atoms with Crippen molar-refractivity contribution < 1.29 is 13.6 Å². The van der Waals surface area contributed by atoms with Crippen LogP contribution in [0.4, 0.5) is 14.6 Å². The van der Waals surface area contributed by atoms with E-state index in [4.69, 9.17) is 10.7 Å². The van der Waals surface area contributed by atoms with Gasteiger partial charge in [0.05, 0.1) is 11.4 Å². The van der Waals surface area contributed by atoms with Crippen LogP contribution in [0.25, 0.3) is 33.4 Å². The number of hydrogen-bond donors (Lipinski definition) is 2. The number of nitrogens with one attached hydrogen (secondary N) is 1. The summed E-state index contributed by atoms with van der Waals surface area (Å²) in [6, 6.07) is 12.7. The maximum absolute atomic E-state index is 14.5. The van der Waals surface area contributed by atoms with Crippen LogP contribution in [0.2, 0.25) is 0 Å². The van der Waals surface area contributed by atoms with Gasteiger partial charge in [-0.3, -0.25) is 9.78 Å². The van der Waals surface area contributed by atoms with Gasteiger partial charge in [-0.15, -0.1) is 0 Å². The first-order valence-corrected chi connectivity index (χ1v) is 10.7. The van der Waals surface area contributed by atoms with Crippen LogP contribution in [-0.2, 0) is 4.79 Å². The molecule has 1 aliphatic carbocycles. The standard InChI is InChI=1S/C25H21F2N5O/c26-19-7-1-5-16(22(19)27)14-9-10-21-18(12-14)25(31-20-8-2-6-17(20)23(28)33)32-24(30-21)15-4-3-11-29-13-15/h1,3-5,7,9-13,17,20H,2,6,8H2,(H2,28,33)(H,30,31,32). The highest BCUT2D eigenvalue weighted by Gasteiger charge is 2.32. The van der Waals surface area contributed by atoms with Crippen LogP contribution in [0.3, 0.4) is 0 Å². The number of anilines is 1. The number of benzene rings is 2. The van der Waals surface area contributed by atoms with Gasteiger partial charge in [-0.05, 0) is 48.7 Å². The Balaban J connectivity index is 1.66. The average Bonchev–Trinajstić information content (AvgIpc) is 3.30. The molecule has 1 fully saturated rings. The number of fused-ring (bicyclic) bond motifs is 1. The summed E-state index contributed by atoms with van der Waals surface area (Å²) in [6.45, 7) is 0. The summed E-state index contributed by atoms with van der Waals surface area (Å²) in [5.74, 6) is -1.50. The monoisotopic (exact) mass is 445 g/mol. The van der Waals surface area contributed by atoms with Gasteiger partial charge in [0, 0.05) is 34.9 Å². The van der Waals surface area contributed by atoms with Crippen LogP contribution < -0.4 is 11.1 Å². The van der Waals surface area contributed by atoms with Crippen LogP contribution >= 0.6 is 0 Å². The maximum atomic E-state index is 14.5. The van der Waals surface area contributed by atoms with E-state index < -0.39 is 11.6 Å². The highest BCUT2D eigenvalue weighted by atomic mass is 19.2. The Morgan fingerprint density at radius 1 is 1.03 bits per heavy atom. The second-order valence-electron chi connectivity index (χ2n) is 8.16. The third-order valence-corrected chi connectivity index (χ3v) is 6.08. The van der Waals surface area contributed by atoms with Gasteiger partial charge >= 0.3 is 0 Å². The van der Waals surface area contributed by atoms with E-state index >= 15 is 0 Å². The molecule has 6 nitrogen and oxygen atoms in total. The lowest BCUT2D eigenvalue weighted by Crippen LogP contribution is -2.34. The smallest absolute Gasteiger partial charge is 0.222 e. The quantitative estimate of drug-likeness (QED) is 0.464. The van der Waals surface area contributed by atoms with Gasteiger partial charge in [0.25, 0.3) is 0 Å². The van der Waals surface area contributed by atoms with E-state index in [1.807, 2.05) is 6.07 Å². The van der Waals surface area contributed by atoms with E-state index in [2.05, 4.69) is 15.3 Å². The number of rotatable bonds is 5. The summed E-state index contributed by atoms with van der Waals surface area (Å²) >= 11 is 0. The van der Waals surface area contributed by atoms with Crippen molar-refractivity contribution in [1.82, 2.24) is 15.0 Å². The van der Waals surface area contributed by atoms with Crippen molar-refractivity contribution in [2.75, 3.05) is 5.32 Å². The van der Waals surface area contributed by atoms with Gasteiger partial charge in [-0.1, -0.05) is 24.6 Å². The summed E-state index contributed by atoms with van der Waals surface area (Å²) in [5.41, 5.74) is 7.62. The molecule has 166 valence electrons. The summed E-state index contributed by atoms with van der Waals surface area (Å²) in [7, 11) is 0. The minimum absolute atomic E-state index is 0.148. The minimum atomic E-state index is -0.913. The molecule has 4 aromatic rings. The molecule has 0 saturated heterocycles. The largest absolute Gasteiger partial charge is 0.369 e. The second kappa shape index (κ2) is 8.54. The second-order valence-corrected chi connectivity index (χ2v) is 8.16. The molecule has 0 spiro atoms. The number of hydrogen-bond acceptors (Lipinski definition) is 5. The molecule has 2 aromatic carbocycles. The Hall–Kier alpha value is -3.94.